The monoisotopic (exact) mass is 391 g/mol. The van der Waals surface area contributed by atoms with Gasteiger partial charge in [0.2, 0.25) is 0 Å². The summed E-state index contributed by atoms with van der Waals surface area (Å²) in [6.45, 7) is 0.599. The summed E-state index contributed by atoms with van der Waals surface area (Å²) in [7, 11) is 1.61. The number of rotatable bonds is 5. The number of hydrogen-bond donors (Lipinski definition) is 1. The smallest absolute Gasteiger partial charge is 0.343 e. The van der Waals surface area contributed by atoms with E-state index in [1.807, 2.05) is 24.3 Å². The molecule has 0 saturated carbocycles. The third-order valence-corrected chi connectivity index (χ3v) is 4.82. The van der Waals surface area contributed by atoms with Gasteiger partial charge in [0.05, 0.1) is 12.7 Å². The Morgan fingerprint density at radius 2 is 1.79 bits per heavy atom. The number of carbonyl (C=O) groups excluding carboxylic acids is 2. The molecule has 1 aliphatic heterocycles. The molecule has 1 aliphatic rings. The molecule has 6 heteroatoms. The zero-order chi connectivity index (χ0) is 20.2. The van der Waals surface area contributed by atoms with Gasteiger partial charge in [-0.05, 0) is 66.1 Å². The Balaban J connectivity index is 1.48. The molecule has 1 fully saturated rings. The number of anilines is 1. The van der Waals surface area contributed by atoms with Crippen molar-refractivity contribution in [2.24, 2.45) is 0 Å². The lowest BCUT2D eigenvalue weighted by atomic mass is 10.1. The minimum absolute atomic E-state index is 0.198. The van der Waals surface area contributed by atoms with Crippen molar-refractivity contribution in [2.75, 3.05) is 19.0 Å². The summed E-state index contributed by atoms with van der Waals surface area (Å²) in [6.07, 6.45) is 1.16. The van der Waals surface area contributed by atoms with E-state index in [1.54, 1.807) is 43.5 Å². The van der Waals surface area contributed by atoms with Crippen LogP contribution in [0.25, 0.3) is 10.8 Å². The summed E-state index contributed by atoms with van der Waals surface area (Å²) < 4.78 is 16.2. The molecular formula is C23H21NO5. The number of amides is 1. The average Bonchev–Trinajstić information content (AvgIpc) is 3.28. The first kappa shape index (κ1) is 19.0. The zero-order valence-corrected chi connectivity index (χ0v) is 16.0. The Kier molecular flexibility index (Phi) is 5.44. The van der Waals surface area contributed by atoms with E-state index in [2.05, 4.69) is 5.32 Å². The van der Waals surface area contributed by atoms with E-state index in [4.69, 9.17) is 14.2 Å². The Morgan fingerprint density at radius 3 is 2.55 bits per heavy atom. The minimum Gasteiger partial charge on any atom is -0.497 e. The molecule has 0 radical (unpaired) electrons. The van der Waals surface area contributed by atoms with Crippen LogP contribution >= 0.6 is 0 Å². The summed E-state index contributed by atoms with van der Waals surface area (Å²) in [5, 5.41) is 4.72. The van der Waals surface area contributed by atoms with Gasteiger partial charge in [0.15, 0.2) is 0 Å². The molecule has 4 rings (SSSR count). The van der Waals surface area contributed by atoms with Crippen LogP contribution in [0.4, 0.5) is 5.69 Å². The molecule has 3 aromatic rings. The highest BCUT2D eigenvalue weighted by Gasteiger charge is 2.23. The number of benzene rings is 3. The number of fused-ring (bicyclic) bond motifs is 1. The van der Waals surface area contributed by atoms with Crippen molar-refractivity contribution in [3.8, 4) is 11.5 Å². The van der Waals surface area contributed by atoms with Crippen LogP contribution in [0.15, 0.2) is 60.7 Å². The number of hydrogen-bond acceptors (Lipinski definition) is 5. The lowest BCUT2D eigenvalue weighted by Crippen LogP contribution is -2.26. The van der Waals surface area contributed by atoms with E-state index in [0.29, 0.717) is 30.0 Å². The highest BCUT2D eigenvalue weighted by atomic mass is 16.5. The summed E-state index contributed by atoms with van der Waals surface area (Å²) in [5.41, 5.74) is 0.879. The van der Waals surface area contributed by atoms with Crippen LogP contribution in [-0.2, 0) is 9.53 Å². The molecule has 29 heavy (non-hydrogen) atoms. The number of carbonyl (C=O) groups is 2. The predicted molar refractivity (Wildman–Crippen MR) is 110 cm³/mol. The maximum absolute atomic E-state index is 12.6. The van der Waals surface area contributed by atoms with Gasteiger partial charge in [0.25, 0.3) is 5.91 Å². The maximum atomic E-state index is 12.6. The van der Waals surface area contributed by atoms with Crippen molar-refractivity contribution < 1.29 is 23.8 Å². The summed E-state index contributed by atoms with van der Waals surface area (Å²) in [5.74, 6) is 0.470. The lowest BCUT2D eigenvalue weighted by molar-refractivity contribution is -0.124. The van der Waals surface area contributed by atoms with Crippen molar-refractivity contribution in [3.63, 3.8) is 0 Å². The third-order valence-electron chi connectivity index (χ3n) is 4.82. The van der Waals surface area contributed by atoms with Gasteiger partial charge in [0.1, 0.15) is 17.6 Å². The molecule has 1 atom stereocenters. The number of ether oxygens (including phenoxy) is 3. The van der Waals surface area contributed by atoms with Crippen molar-refractivity contribution in [1.29, 1.82) is 0 Å². The predicted octanol–water partition coefficient (Wildman–Crippen LogP) is 4.19. The first-order valence-electron chi connectivity index (χ1n) is 9.45. The van der Waals surface area contributed by atoms with Crippen molar-refractivity contribution in [3.05, 3.63) is 66.2 Å². The SMILES string of the molecule is COc1ccc2ccc(OC(=O)c3cccc(NC(=O)C4CCCO4)c3)cc2c1. The highest BCUT2D eigenvalue weighted by Crippen LogP contribution is 2.26. The molecule has 1 amide bonds. The van der Waals surface area contributed by atoms with Crippen molar-refractivity contribution in [1.82, 2.24) is 0 Å². The van der Waals surface area contributed by atoms with E-state index >= 15 is 0 Å². The zero-order valence-electron chi connectivity index (χ0n) is 16.0. The summed E-state index contributed by atoms with van der Waals surface area (Å²) >= 11 is 0. The standard InChI is InChI=1S/C23H21NO5/c1-27-19-9-7-15-8-10-20(14-17(15)13-19)29-23(26)16-4-2-5-18(12-16)24-22(25)21-6-3-11-28-21/h2,4-5,7-10,12-14,21H,3,6,11H2,1H3,(H,24,25). The van der Waals surface area contributed by atoms with Crippen molar-refractivity contribution >= 4 is 28.3 Å². The van der Waals surface area contributed by atoms with Gasteiger partial charge in [-0.15, -0.1) is 0 Å². The maximum Gasteiger partial charge on any atom is 0.343 e. The molecule has 3 aromatic carbocycles. The Bertz CT molecular complexity index is 1060. The van der Waals surface area contributed by atoms with Crippen LogP contribution in [0.3, 0.4) is 0 Å². The highest BCUT2D eigenvalue weighted by molar-refractivity contribution is 5.97. The fraction of sp³-hybridized carbons (Fsp3) is 0.217. The van der Waals surface area contributed by atoms with Gasteiger partial charge < -0.3 is 19.5 Å². The van der Waals surface area contributed by atoms with E-state index in [9.17, 15) is 9.59 Å². The van der Waals surface area contributed by atoms with Crippen molar-refractivity contribution in [2.45, 2.75) is 18.9 Å². The van der Waals surface area contributed by atoms with E-state index in [-0.39, 0.29) is 5.91 Å². The lowest BCUT2D eigenvalue weighted by Gasteiger charge is -2.11. The van der Waals surface area contributed by atoms with Crippen LogP contribution in [0.1, 0.15) is 23.2 Å². The third kappa shape index (κ3) is 4.38. The molecule has 1 saturated heterocycles. The van der Waals surface area contributed by atoms with Crippen LogP contribution in [0.2, 0.25) is 0 Å². The second kappa shape index (κ2) is 8.32. The first-order valence-corrected chi connectivity index (χ1v) is 9.45. The number of methoxy groups -OCH3 is 1. The molecule has 1 heterocycles. The van der Waals surface area contributed by atoms with E-state index < -0.39 is 12.1 Å². The molecule has 6 nitrogen and oxygen atoms in total. The molecule has 148 valence electrons. The molecule has 0 aromatic heterocycles. The molecule has 0 bridgehead atoms. The number of nitrogens with one attached hydrogen (secondary N) is 1. The fourth-order valence-electron chi connectivity index (χ4n) is 3.29. The molecule has 1 unspecified atom stereocenters. The van der Waals surface area contributed by atoms with Crippen LogP contribution in [0.5, 0.6) is 11.5 Å². The van der Waals surface area contributed by atoms with Gasteiger partial charge in [-0.3, -0.25) is 4.79 Å². The minimum atomic E-state index is -0.500. The second-order valence-corrected chi connectivity index (χ2v) is 6.84. The summed E-state index contributed by atoms with van der Waals surface area (Å²) in [4.78, 5) is 24.8. The van der Waals surface area contributed by atoms with E-state index in [0.717, 1.165) is 22.9 Å². The fourth-order valence-corrected chi connectivity index (χ4v) is 3.29. The van der Waals surface area contributed by atoms with Gasteiger partial charge in [-0.25, -0.2) is 4.79 Å². The van der Waals surface area contributed by atoms with E-state index in [1.165, 1.54) is 0 Å². The van der Waals surface area contributed by atoms with Crippen LogP contribution < -0.4 is 14.8 Å². The normalized spacial score (nSPS) is 15.8. The molecule has 1 N–H and O–H groups in total. The Hall–Kier alpha value is -3.38. The van der Waals surface area contributed by atoms with Gasteiger partial charge in [0, 0.05) is 12.3 Å². The van der Waals surface area contributed by atoms with Crippen LogP contribution in [-0.4, -0.2) is 31.7 Å². The quantitative estimate of drug-likeness (QED) is 0.522. The van der Waals surface area contributed by atoms with Gasteiger partial charge >= 0.3 is 5.97 Å². The van der Waals surface area contributed by atoms with Crippen LogP contribution in [0, 0.1) is 0 Å². The Morgan fingerprint density at radius 1 is 1.00 bits per heavy atom. The second-order valence-electron chi connectivity index (χ2n) is 6.84. The largest absolute Gasteiger partial charge is 0.497 e. The summed E-state index contributed by atoms with van der Waals surface area (Å²) in [6, 6.07) is 17.8. The average molecular weight is 391 g/mol. The Labute approximate surface area is 168 Å². The number of esters is 1. The van der Waals surface area contributed by atoms with Gasteiger partial charge in [-0.2, -0.15) is 0 Å². The van der Waals surface area contributed by atoms with Gasteiger partial charge in [-0.1, -0.05) is 18.2 Å². The topological polar surface area (TPSA) is 73.9 Å². The molecule has 0 spiro atoms. The first-order chi connectivity index (χ1) is 14.1. The molecular weight excluding hydrogens is 370 g/mol. The molecule has 0 aliphatic carbocycles.